The van der Waals surface area contributed by atoms with Crippen molar-refractivity contribution in [2.75, 3.05) is 5.73 Å². The van der Waals surface area contributed by atoms with Crippen LogP contribution in [0.2, 0.25) is 0 Å². The number of halogens is 4. The van der Waals surface area contributed by atoms with Crippen LogP contribution in [0.15, 0.2) is 0 Å². The minimum atomic E-state index is -0.908. The van der Waals surface area contributed by atoms with Crippen molar-refractivity contribution in [3.8, 4) is 0 Å². The Kier molecular flexibility index (Phi) is 4.97. The van der Waals surface area contributed by atoms with Crippen LogP contribution >= 0.6 is 90.4 Å². The molecule has 0 aliphatic heterocycles. The molecule has 0 bridgehead atoms. The van der Waals surface area contributed by atoms with Crippen LogP contribution in [0.25, 0.3) is 0 Å². The van der Waals surface area contributed by atoms with E-state index in [9.17, 15) is 4.79 Å². The minimum Gasteiger partial charge on any atom is -0.478 e. The normalized spacial score (nSPS) is 10.3. The molecule has 1 aromatic rings. The zero-order chi connectivity index (χ0) is 11.0. The first-order valence-corrected chi connectivity index (χ1v) is 7.54. The van der Waals surface area contributed by atoms with Crippen molar-refractivity contribution in [3.05, 3.63) is 19.8 Å². The van der Waals surface area contributed by atoms with Gasteiger partial charge in [-0.1, -0.05) is 0 Å². The smallest absolute Gasteiger partial charge is 0.337 e. The zero-order valence-electron chi connectivity index (χ0n) is 6.44. The summed E-state index contributed by atoms with van der Waals surface area (Å²) in [5, 5.41) is 9.03. The van der Waals surface area contributed by atoms with Gasteiger partial charge in [0.1, 0.15) is 0 Å². The highest BCUT2D eigenvalue weighted by Crippen LogP contribution is 2.34. The molecule has 14 heavy (non-hydrogen) atoms. The fourth-order valence-electron chi connectivity index (χ4n) is 0.836. The van der Waals surface area contributed by atoms with Gasteiger partial charge in [-0.25, -0.2) is 4.79 Å². The molecule has 0 aliphatic carbocycles. The second kappa shape index (κ2) is 5.16. The summed E-state index contributed by atoms with van der Waals surface area (Å²) in [6.45, 7) is 0. The molecule has 3 N–H and O–H groups in total. The van der Waals surface area contributed by atoms with Gasteiger partial charge in [-0.2, -0.15) is 0 Å². The van der Waals surface area contributed by atoms with Crippen LogP contribution in [-0.2, 0) is 0 Å². The number of aromatic carboxylic acids is 1. The molecule has 76 valence electrons. The molecular formula is C7H3I4NO2. The largest absolute Gasteiger partial charge is 0.478 e. The number of nitrogen functional groups attached to an aromatic ring is 1. The quantitative estimate of drug-likeness (QED) is 0.281. The number of hydrogen-bond donors (Lipinski definition) is 2. The predicted octanol–water partition coefficient (Wildman–Crippen LogP) is 3.39. The van der Waals surface area contributed by atoms with Gasteiger partial charge in [0.25, 0.3) is 0 Å². The van der Waals surface area contributed by atoms with E-state index in [0.717, 1.165) is 7.14 Å². The fraction of sp³-hybridized carbons (Fsp3) is 0. The van der Waals surface area contributed by atoms with Crippen molar-refractivity contribution in [2.45, 2.75) is 0 Å². The lowest BCUT2D eigenvalue weighted by molar-refractivity contribution is 0.0694. The van der Waals surface area contributed by atoms with Gasteiger partial charge < -0.3 is 10.8 Å². The molecular weight excluding hydrogens is 638 g/mol. The number of anilines is 1. The van der Waals surface area contributed by atoms with Crippen molar-refractivity contribution < 1.29 is 9.90 Å². The summed E-state index contributed by atoms with van der Waals surface area (Å²) in [4.78, 5) is 11.0. The number of nitrogens with two attached hydrogens (primary N) is 1. The molecule has 0 amide bonds. The molecule has 0 aliphatic rings. The maximum Gasteiger partial charge on any atom is 0.337 e. The number of rotatable bonds is 1. The van der Waals surface area contributed by atoms with Gasteiger partial charge in [0.05, 0.1) is 18.4 Å². The second-order valence-corrected chi connectivity index (χ2v) is 6.66. The van der Waals surface area contributed by atoms with E-state index < -0.39 is 5.97 Å². The Morgan fingerprint density at radius 2 is 1.36 bits per heavy atom. The molecule has 0 aromatic heterocycles. The van der Waals surface area contributed by atoms with E-state index in [1.165, 1.54) is 0 Å². The maximum absolute atomic E-state index is 11.0. The number of carbonyl (C=O) groups is 1. The van der Waals surface area contributed by atoms with Crippen molar-refractivity contribution >= 4 is 102 Å². The summed E-state index contributed by atoms with van der Waals surface area (Å²) >= 11 is 8.16. The van der Waals surface area contributed by atoms with Crippen LogP contribution in [0, 0.1) is 14.3 Å². The highest BCUT2D eigenvalue weighted by atomic mass is 127. The molecule has 0 unspecified atom stereocenters. The van der Waals surface area contributed by atoms with Crippen LogP contribution in [0.4, 0.5) is 5.69 Å². The Balaban J connectivity index is 3.68. The van der Waals surface area contributed by atoms with E-state index in [4.69, 9.17) is 10.8 Å². The van der Waals surface area contributed by atoms with Crippen molar-refractivity contribution in [2.24, 2.45) is 0 Å². The minimum absolute atomic E-state index is 0.342. The Labute approximate surface area is 135 Å². The van der Waals surface area contributed by atoms with Crippen molar-refractivity contribution in [3.63, 3.8) is 0 Å². The van der Waals surface area contributed by atoms with Gasteiger partial charge in [0.2, 0.25) is 0 Å². The topological polar surface area (TPSA) is 63.3 Å². The summed E-state index contributed by atoms with van der Waals surface area (Å²) in [6.07, 6.45) is 0. The highest BCUT2D eigenvalue weighted by molar-refractivity contribution is 14.1. The van der Waals surface area contributed by atoms with E-state index in [1.54, 1.807) is 0 Å². The zero-order valence-corrected chi connectivity index (χ0v) is 15.1. The highest BCUT2D eigenvalue weighted by Gasteiger charge is 2.21. The summed E-state index contributed by atoms with van der Waals surface area (Å²) in [5.74, 6) is -0.908. The molecule has 0 fully saturated rings. The lowest BCUT2D eigenvalue weighted by atomic mass is 10.2. The number of hydrogen-bond acceptors (Lipinski definition) is 2. The Morgan fingerprint density at radius 3 is 1.64 bits per heavy atom. The Hall–Kier alpha value is 1.41. The SMILES string of the molecule is Nc1c(I)c(I)c(C(=O)O)c(I)c1I. The van der Waals surface area contributed by atoms with E-state index in [0.29, 0.717) is 18.4 Å². The molecule has 0 spiro atoms. The molecule has 1 aromatic carbocycles. The van der Waals surface area contributed by atoms with Crippen molar-refractivity contribution in [1.82, 2.24) is 0 Å². The summed E-state index contributed by atoms with van der Waals surface area (Å²) in [5.41, 5.74) is 6.83. The fourth-order valence-corrected chi connectivity index (χ4v) is 4.53. The van der Waals surface area contributed by atoms with Gasteiger partial charge in [0, 0.05) is 7.14 Å². The third-order valence-electron chi connectivity index (χ3n) is 1.51. The van der Waals surface area contributed by atoms with Gasteiger partial charge in [-0.15, -0.1) is 0 Å². The molecule has 0 saturated carbocycles. The molecule has 0 saturated heterocycles. The summed E-state index contributed by atoms with van der Waals surface area (Å²) in [6, 6.07) is 0. The first-order valence-electron chi connectivity index (χ1n) is 3.22. The summed E-state index contributed by atoms with van der Waals surface area (Å²) < 4.78 is 3.03. The van der Waals surface area contributed by atoms with Gasteiger partial charge in [-0.05, 0) is 90.4 Å². The van der Waals surface area contributed by atoms with Crippen LogP contribution < -0.4 is 5.73 Å². The average molecular weight is 641 g/mol. The number of carboxylic acids is 1. The lowest BCUT2D eigenvalue weighted by Crippen LogP contribution is -2.09. The van der Waals surface area contributed by atoms with E-state index in [1.807, 2.05) is 45.2 Å². The van der Waals surface area contributed by atoms with E-state index in [2.05, 4.69) is 45.2 Å². The first-order chi connectivity index (χ1) is 6.37. The Morgan fingerprint density at radius 1 is 1.00 bits per heavy atom. The third kappa shape index (κ3) is 2.39. The van der Waals surface area contributed by atoms with Crippen LogP contribution in [-0.4, -0.2) is 11.1 Å². The third-order valence-corrected chi connectivity index (χ3v) is 7.97. The lowest BCUT2D eigenvalue weighted by Gasteiger charge is -2.10. The Bertz CT molecular complexity index is 390. The molecule has 0 atom stereocenters. The van der Waals surface area contributed by atoms with Gasteiger partial charge >= 0.3 is 5.97 Å². The van der Waals surface area contributed by atoms with Crippen molar-refractivity contribution in [1.29, 1.82) is 0 Å². The number of carboxylic acid groups (broad SMARTS) is 1. The van der Waals surface area contributed by atoms with E-state index in [-0.39, 0.29) is 0 Å². The average Bonchev–Trinajstić information content (AvgIpc) is 2.11. The standard InChI is InChI=1S/C7H3I4NO2/c8-2-1(7(13)14)3(9)5(11)6(12)4(2)10/h12H2,(H,13,14). The first kappa shape index (κ1) is 13.5. The maximum atomic E-state index is 11.0. The van der Waals surface area contributed by atoms with E-state index >= 15 is 0 Å². The molecule has 0 heterocycles. The van der Waals surface area contributed by atoms with Crippen LogP contribution in [0.3, 0.4) is 0 Å². The summed E-state index contributed by atoms with van der Waals surface area (Å²) in [7, 11) is 0. The molecule has 1 rings (SSSR count). The molecule has 7 heteroatoms. The molecule has 0 radical (unpaired) electrons. The van der Waals surface area contributed by atoms with Crippen LogP contribution in [0.5, 0.6) is 0 Å². The predicted molar refractivity (Wildman–Crippen MR) is 88.7 cm³/mol. The monoisotopic (exact) mass is 641 g/mol. The second-order valence-electron chi connectivity index (χ2n) is 2.35. The van der Waals surface area contributed by atoms with Crippen LogP contribution in [0.1, 0.15) is 10.4 Å². The number of benzene rings is 1. The van der Waals surface area contributed by atoms with Gasteiger partial charge in [0.15, 0.2) is 0 Å². The molecule has 3 nitrogen and oxygen atoms in total. The van der Waals surface area contributed by atoms with Gasteiger partial charge in [-0.3, -0.25) is 0 Å².